The van der Waals surface area contributed by atoms with Crippen molar-refractivity contribution in [2.75, 3.05) is 31.1 Å². The fourth-order valence-corrected chi connectivity index (χ4v) is 4.50. The van der Waals surface area contributed by atoms with Crippen molar-refractivity contribution in [3.63, 3.8) is 0 Å². The average Bonchev–Trinajstić information content (AvgIpc) is 3.13. The van der Waals surface area contributed by atoms with Crippen molar-refractivity contribution in [3.8, 4) is 5.75 Å². The van der Waals surface area contributed by atoms with E-state index in [-0.39, 0.29) is 0 Å². The molecule has 3 aromatic rings. The van der Waals surface area contributed by atoms with Crippen LogP contribution in [0, 0.1) is 6.92 Å². The maximum atomic E-state index is 5.62. The lowest BCUT2D eigenvalue weighted by Crippen LogP contribution is -2.32. The number of hydrogen-bond donors (Lipinski definition) is 1. The van der Waals surface area contributed by atoms with Crippen molar-refractivity contribution in [1.29, 1.82) is 0 Å². The number of ether oxygens (including phenoxy) is 1. The van der Waals surface area contributed by atoms with Crippen LogP contribution in [0.15, 0.2) is 29.1 Å². The Morgan fingerprint density at radius 2 is 2.17 bits per heavy atom. The number of fused-ring (bicyclic) bond motifs is 1. The van der Waals surface area contributed by atoms with Crippen molar-refractivity contribution in [2.45, 2.75) is 45.6 Å². The first-order chi connectivity index (χ1) is 14.2. The first-order valence-corrected chi connectivity index (χ1v) is 11.4. The van der Waals surface area contributed by atoms with Gasteiger partial charge in [-0.1, -0.05) is 0 Å². The van der Waals surface area contributed by atoms with Crippen LogP contribution in [0.3, 0.4) is 0 Å². The molecular weight excluding hydrogens is 382 g/mol. The van der Waals surface area contributed by atoms with Crippen LogP contribution < -0.4 is 15.0 Å². The Hall–Kier alpha value is -2.25. The molecule has 0 bridgehead atoms. The van der Waals surface area contributed by atoms with Crippen LogP contribution in [0.2, 0.25) is 0 Å². The van der Waals surface area contributed by atoms with Crippen LogP contribution >= 0.6 is 11.3 Å². The van der Waals surface area contributed by atoms with Gasteiger partial charge in [-0.3, -0.25) is 0 Å². The van der Waals surface area contributed by atoms with E-state index in [1.165, 1.54) is 12.1 Å². The third-order valence-corrected chi connectivity index (χ3v) is 6.10. The van der Waals surface area contributed by atoms with Gasteiger partial charge in [-0.25, -0.2) is 15.0 Å². The Morgan fingerprint density at radius 1 is 1.24 bits per heavy atom. The molecule has 1 saturated heterocycles. The average molecular weight is 412 g/mol. The molecule has 0 unspecified atom stereocenters. The third-order valence-electron chi connectivity index (χ3n) is 5.47. The summed E-state index contributed by atoms with van der Waals surface area (Å²) in [6.45, 7) is 7.70. The standard InChI is InChI=1S/C22H29N5OS/c1-3-28-19-6-7-21-20(13-19)16(2)25-22(26-21)27-11-4-5-17(9-12-27)23-10-8-18-14-29-15-24-18/h6-7,13-15,17,23H,3-5,8-12H2,1-2H3/t17-/m0/s1. The number of nitrogens with zero attached hydrogens (tertiary/aromatic N) is 4. The quantitative estimate of drug-likeness (QED) is 0.634. The van der Waals surface area contributed by atoms with Crippen molar-refractivity contribution in [2.24, 2.45) is 0 Å². The van der Waals surface area contributed by atoms with Crippen molar-refractivity contribution >= 4 is 28.2 Å². The number of benzene rings is 1. The molecule has 3 heterocycles. The van der Waals surface area contributed by atoms with E-state index in [0.29, 0.717) is 12.6 Å². The zero-order chi connectivity index (χ0) is 20.1. The summed E-state index contributed by atoms with van der Waals surface area (Å²) in [6, 6.07) is 6.63. The Bertz CT molecular complexity index is 930. The SMILES string of the molecule is CCOc1ccc2nc(N3CCC[C@H](NCCc4cscn4)CC3)nc(C)c2c1. The van der Waals surface area contributed by atoms with Gasteiger partial charge in [0.25, 0.3) is 0 Å². The van der Waals surface area contributed by atoms with Crippen LogP contribution in [-0.2, 0) is 6.42 Å². The summed E-state index contributed by atoms with van der Waals surface area (Å²) in [6.07, 6.45) is 4.46. The third kappa shape index (κ3) is 5.03. The number of hydrogen-bond acceptors (Lipinski definition) is 7. The molecule has 1 aliphatic heterocycles. The lowest BCUT2D eigenvalue weighted by atomic mass is 10.1. The summed E-state index contributed by atoms with van der Waals surface area (Å²) in [4.78, 5) is 16.4. The minimum atomic E-state index is 0.550. The Balaban J connectivity index is 1.39. The number of rotatable bonds is 7. The van der Waals surface area contributed by atoms with E-state index < -0.39 is 0 Å². The van der Waals surface area contributed by atoms with Gasteiger partial charge in [0.2, 0.25) is 5.95 Å². The summed E-state index contributed by atoms with van der Waals surface area (Å²) >= 11 is 1.67. The highest BCUT2D eigenvalue weighted by Crippen LogP contribution is 2.25. The zero-order valence-electron chi connectivity index (χ0n) is 17.2. The molecule has 1 N–H and O–H groups in total. The largest absolute Gasteiger partial charge is 0.494 e. The molecule has 6 nitrogen and oxygen atoms in total. The van der Waals surface area contributed by atoms with Crippen LogP contribution in [0.1, 0.15) is 37.6 Å². The van der Waals surface area contributed by atoms with Crippen molar-refractivity contribution in [3.05, 3.63) is 40.5 Å². The second kappa shape index (κ2) is 9.50. The van der Waals surface area contributed by atoms with Gasteiger partial charge in [-0.2, -0.15) is 0 Å². The Labute approximate surface area is 176 Å². The van der Waals surface area contributed by atoms with Gasteiger partial charge in [-0.15, -0.1) is 11.3 Å². The second-order valence-corrected chi connectivity index (χ2v) is 8.24. The Morgan fingerprint density at radius 3 is 3.00 bits per heavy atom. The van der Waals surface area contributed by atoms with Gasteiger partial charge >= 0.3 is 0 Å². The van der Waals surface area contributed by atoms with Gasteiger partial charge in [0.1, 0.15) is 5.75 Å². The highest BCUT2D eigenvalue weighted by Gasteiger charge is 2.19. The number of nitrogens with one attached hydrogen (secondary N) is 1. The molecule has 1 aromatic carbocycles. The van der Waals surface area contributed by atoms with E-state index in [9.17, 15) is 0 Å². The summed E-state index contributed by atoms with van der Waals surface area (Å²) in [5.41, 5.74) is 5.08. The predicted molar refractivity (Wildman–Crippen MR) is 119 cm³/mol. The fourth-order valence-electron chi connectivity index (χ4n) is 3.91. The highest BCUT2D eigenvalue weighted by molar-refractivity contribution is 7.07. The molecule has 0 radical (unpaired) electrons. The molecule has 0 saturated carbocycles. The van der Waals surface area contributed by atoms with Gasteiger partial charge < -0.3 is 15.0 Å². The van der Waals surface area contributed by atoms with Gasteiger partial charge in [-0.05, 0) is 51.3 Å². The molecule has 2 aromatic heterocycles. The molecule has 0 amide bonds. The molecule has 1 aliphatic rings. The van der Waals surface area contributed by atoms with E-state index in [0.717, 1.165) is 67.2 Å². The molecule has 0 spiro atoms. The monoisotopic (exact) mass is 411 g/mol. The minimum absolute atomic E-state index is 0.550. The van der Waals surface area contributed by atoms with Gasteiger partial charge in [0.15, 0.2) is 0 Å². The minimum Gasteiger partial charge on any atom is -0.494 e. The number of aryl methyl sites for hydroxylation is 1. The molecular formula is C22H29N5OS. The van der Waals surface area contributed by atoms with Crippen LogP contribution in [0.5, 0.6) is 5.75 Å². The molecule has 29 heavy (non-hydrogen) atoms. The predicted octanol–water partition coefficient (Wildman–Crippen LogP) is 3.98. The summed E-state index contributed by atoms with van der Waals surface area (Å²) < 4.78 is 5.62. The maximum Gasteiger partial charge on any atom is 0.226 e. The van der Waals surface area contributed by atoms with Crippen LogP contribution in [0.25, 0.3) is 10.9 Å². The second-order valence-electron chi connectivity index (χ2n) is 7.52. The summed E-state index contributed by atoms with van der Waals surface area (Å²) in [5.74, 6) is 1.73. The van der Waals surface area contributed by atoms with Crippen LogP contribution in [-0.4, -0.2) is 47.2 Å². The molecule has 7 heteroatoms. The van der Waals surface area contributed by atoms with E-state index in [4.69, 9.17) is 14.7 Å². The molecule has 1 atom stereocenters. The fraction of sp³-hybridized carbons (Fsp3) is 0.500. The number of thiazole rings is 1. The summed E-state index contributed by atoms with van der Waals surface area (Å²) in [7, 11) is 0. The van der Waals surface area contributed by atoms with Crippen molar-refractivity contribution < 1.29 is 4.74 Å². The zero-order valence-corrected chi connectivity index (χ0v) is 18.0. The topological polar surface area (TPSA) is 63.2 Å². The normalized spacial score (nSPS) is 17.4. The molecule has 0 aliphatic carbocycles. The molecule has 1 fully saturated rings. The smallest absolute Gasteiger partial charge is 0.226 e. The lowest BCUT2D eigenvalue weighted by Gasteiger charge is -2.22. The van der Waals surface area contributed by atoms with Gasteiger partial charge in [0, 0.05) is 42.9 Å². The van der Waals surface area contributed by atoms with E-state index in [1.54, 1.807) is 11.3 Å². The lowest BCUT2D eigenvalue weighted by molar-refractivity contribution is 0.340. The Kier molecular flexibility index (Phi) is 6.56. The maximum absolute atomic E-state index is 5.62. The van der Waals surface area contributed by atoms with E-state index in [2.05, 4.69) is 27.5 Å². The van der Waals surface area contributed by atoms with E-state index >= 15 is 0 Å². The first-order valence-electron chi connectivity index (χ1n) is 10.5. The first kappa shape index (κ1) is 20.0. The number of anilines is 1. The number of aromatic nitrogens is 3. The summed E-state index contributed by atoms with van der Waals surface area (Å²) in [5, 5.41) is 6.91. The highest BCUT2D eigenvalue weighted by atomic mass is 32.1. The molecule has 4 rings (SSSR count). The molecule has 154 valence electrons. The van der Waals surface area contributed by atoms with Crippen molar-refractivity contribution in [1.82, 2.24) is 20.3 Å². The van der Waals surface area contributed by atoms with E-state index in [1.807, 2.05) is 30.6 Å². The van der Waals surface area contributed by atoms with Crippen LogP contribution in [0.4, 0.5) is 5.95 Å². The van der Waals surface area contributed by atoms with Gasteiger partial charge in [0.05, 0.1) is 29.0 Å².